The highest BCUT2D eigenvalue weighted by molar-refractivity contribution is 6.21. The van der Waals surface area contributed by atoms with E-state index in [4.69, 9.17) is 4.74 Å². The SMILES string of the molecule is C[C@@H](OC(=O)CCN1C(=O)c2ccccc2C1=O)c1ccc(F)cc1. The summed E-state index contributed by atoms with van der Waals surface area (Å²) in [5, 5.41) is 0. The molecule has 0 fully saturated rings. The van der Waals surface area contributed by atoms with E-state index in [0.717, 1.165) is 4.90 Å². The molecule has 2 aromatic carbocycles. The lowest BCUT2D eigenvalue weighted by atomic mass is 10.1. The lowest BCUT2D eigenvalue weighted by Crippen LogP contribution is -2.32. The van der Waals surface area contributed by atoms with Gasteiger partial charge in [-0.05, 0) is 36.8 Å². The Morgan fingerprint density at radius 1 is 1.04 bits per heavy atom. The fourth-order valence-electron chi connectivity index (χ4n) is 2.70. The van der Waals surface area contributed by atoms with Gasteiger partial charge in [-0.3, -0.25) is 19.3 Å². The number of rotatable bonds is 5. The third kappa shape index (κ3) is 3.42. The van der Waals surface area contributed by atoms with Crippen LogP contribution in [-0.4, -0.2) is 29.2 Å². The number of hydrogen-bond donors (Lipinski definition) is 0. The average Bonchev–Trinajstić information content (AvgIpc) is 2.85. The van der Waals surface area contributed by atoms with Crippen LogP contribution in [0.1, 0.15) is 45.7 Å². The van der Waals surface area contributed by atoms with Crippen molar-refractivity contribution in [3.63, 3.8) is 0 Å². The summed E-state index contributed by atoms with van der Waals surface area (Å²) >= 11 is 0. The molecular formula is C19H16FNO4. The van der Waals surface area contributed by atoms with Crippen molar-refractivity contribution >= 4 is 17.8 Å². The van der Waals surface area contributed by atoms with Crippen LogP contribution in [-0.2, 0) is 9.53 Å². The monoisotopic (exact) mass is 341 g/mol. The molecule has 2 aromatic rings. The molecule has 1 aliphatic rings. The van der Waals surface area contributed by atoms with Gasteiger partial charge in [-0.1, -0.05) is 24.3 Å². The van der Waals surface area contributed by atoms with Crippen molar-refractivity contribution < 1.29 is 23.5 Å². The molecule has 0 unspecified atom stereocenters. The van der Waals surface area contributed by atoms with Crippen LogP contribution in [0.2, 0.25) is 0 Å². The fourth-order valence-corrected chi connectivity index (χ4v) is 2.70. The highest BCUT2D eigenvalue weighted by Crippen LogP contribution is 2.23. The zero-order valence-corrected chi connectivity index (χ0v) is 13.6. The number of imide groups is 1. The molecule has 1 heterocycles. The molecule has 6 heteroatoms. The summed E-state index contributed by atoms with van der Waals surface area (Å²) in [6.45, 7) is 1.63. The van der Waals surface area contributed by atoms with Crippen molar-refractivity contribution in [1.82, 2.24) is 4.90 Å². The van der Waals surface area contributed by atoms with Gasteiger partial charge in [0.1, 0.15) is 11.9 Å². The van der Waals surface area contributed by atoms with E-state index in [-0.39, 0.29) is 18.8 Å². The van der Waals surface area contributed by atoms with Crippen molar-refractivity contribution in [3.8, 4) is 0 Å². The number of fused-ring (bicyclic) bond motifs is 1. The van der Waals surface area contributed by atoms with Gasteiger partial charge in [-0.25, -0.2) is 4.39 Å². The van der Waals surface area contributed by atoms with Crippen molar-refractivity contribution in [2.24, 2.45) is 0 Å². The second-order valence-electron chi connectivity index (χ2n) is 5.74. The Morgan fingerprint density at radius 2 is 1.60 bits per heavy atom. The standard InChI is InChI=1S/C19H16FNO4/c1-12(13-6-8-14(20)9-7-13)25-17(22)10-11-21-18(23)15-4-2-3-5-16(15)19(21)24/h2-9,12H,10-11H2,1H3/t12-/m1/s1. The van der Waals surface area contributed by atoms with E-state index in [0.29, 0.717) is 16.7 Å². The summed E-state index contributed by atoms with van der Waals surface area (Å²) in [6, 6.07) is 12.2. The second kappa shape index (κ2) is 6.84. The Hall–Kier alpha value is -3.02. The maximum absolute atomic E-state index is 12.9. The maximum Gasteiger partial charge on any atom is 0.308 e. The lowest BCUT2D eigenvalue weighted by molar-refractivity contribution is -0.148. The molecule has 5 nitrogen and oxygen atoms in total. The molecule has 3 rings (SSSR count). The van der Waals surface area contributed by atoms with Crippen molar-refractivity contribution in [2.45, 2.75) is 19.4 Å². The van der Waals surface area contributed by atoms with E-state index in [2.05, 4.69) is 0 Å². The Labute approximate surface area is 144 Å². The van der Waals surface area contributed by atoms with Crippen LogP contribution in [0.4, 0.5) is 4.39 Å². The van der Waals surface area contributed by atoms with Gasteiger partial charge in [0.05, 0.1) is 17.5 Å². The van der Waals surface area contributed by atoms with E-state index < -0.39 is 23.9 Å². The minimum Gasteiger partial charge on any atom is -0.458 e. The van der Waals surface area contributed by atoms with Crippen LogP contribution in [0.5, 0.6) is 0 Å². The molecule has 1 atom stereocenters. The van der Waals surface area contributed by atoms with Gasteiger partial charge in [0.25, 0.3) is 11.8 Å². The molecular weight excluding hydrogens is 325 g/mol. The van der Waals surface area contributed by atoms with Gasteiger partial charge in [-0.15, -0.1) is 0 Å². The highest BCUT2D eigenvalue weighted by Gasteiger charge is 2.35. The van der Waals surface area contributed by atoms with Crippen LogP contribution in [0.3, 0.4) is 0 Å². The molecule has 0 N–H and O–H groups in total. The quantitative estimate of drug-likeness (QED) is 0.619. The lowest BCUT2D eigenvalue weighted by Gasteiger charge is -2.16. The topological polar surface area (TPSA) is 63.7 Å². The average molecular weight is 341 g/mol. The second-order valence-corrected chi connectivity index (χ2v) is 5.74. The Balaban J connectivity index is 1.57. The predicted molar refractivity (Wildman–Crippen MR) is 87.3 cm³/mol. The summed E-state index contributed by atoms with van der Waals surface area (Å²) in [7, 11) is 0. The minimum absolute atomic E-state index is 0.0404. The van der Waals surface area contributed by atoms with Crippen molar-refractivity contribution in [2.75, 3.05) is 6.54 Å². The number of halogens is 1. The summed E-state index contributed by atoms with van der Waals surface area (Å²) in [5.74, 6) is -1.71. The molecule has 0 saturated carbocycles. The van der Waals surface area contributed by atoms with E-state index in [1.807, 2.05) is 0 Å². The first-order valence-electron chi connectivity index (χ1n) is 7.87. The van der Waals surface area contributed by atoms with Gasteiger partial charge < -0.3 is 4.74 Å². The minimum atomic E-state index is -0.546. The molecule has 0 radical (unpaired) electrons. The molecule has 2 amide bonds. The number of carbonyl (C=O) groups excluding carboxylic acids is 3. The van der Waals surface area contributed by atoms with E-state index in [9.17, 15) is 18.8 Å². The van der Waals surface area contributed by atoms with Crippen LogP contribution in [0.15, 0.2) is 48.5 Å². The first-order chi connectivity index (χ1) is 12.0. The molecule has 0 spiro atoms. The molecule has 25 heavy (non-hydrogen) atoms. The molecule has 128 valence electrons. The van der Waals surface area contributed by atoms with Crippen LogP contribution >= 0.6 is 0 Å². The Bertz CT molecular complexity index is 797. The molecule has 0 saturated heterocycles. The number of nitrogens with zero attached hydrogens (tertiary/aromatic N) is 1. The van der Waals surface area contributed by atoms with Gasteiger partial charge in [0.15, 0.2) is 0 Å². The van der Waals surface area contributed by atoms with Crippen LogP contribution in [0.25, 0.3) is 0 Å². The zero-order chi connectivity index (χ0) is 18.0. The van der Waals surface area contributed by atoms with E-state index >= 15 is 0 Å². The number of carbonyl (C=O) groups is 3. The van der Waals surface area contributed by atoms with Gasteiger partial charge in [0, 0.05) is 6.54 Å². The first-order valence-corrected chi connectivity index (χ1v) is 7.87. The van der Waals surface area contributed by atoms with Crippen LogP contribution in [0, 0.1) is 5.82 Å². The largest absolute Gasteiger partial charge is 0.458 e. The van der Waals surface area contributed by atoms with Gasteiger partial charge in [0.2, 0.25) is 0 Å². The van der Waals surface area contributed by atoms with Crippen molar-refractivity contribution in [3.05, 3.63) is 71.0 Å². The smallest absolute Gasteiger partial charge is 0.308 e. The van der Waals surface area contributed by atoms with E-state index in [1.165, 1.54) is 24.3 Å². The summed E-state index contributed by atoms with van der Waals surface area (Å²) in [5.41, 5.74) is 1.36. The van der Waals surface area contributed by atoms with E-state index in [1.54, 1.807) is 31.2 Å². The zero-order valence-electron chi connectivity index (χ0n) is 13.6. The summed E-state index contributed by atoms with van der Waals surface area (Å²) < 4.78 is 18.2. The normalized spacial score (nSPS) is 14.4. The number of esters is 1. The fraction of sp³-hybridized carbons (Fsp3) is 0.211. The third-order valence-corrected chi connectivity index (χ3v) is 4.07. The third-order valence-electron chi connectivity index (χ3n) is 4.07. The summed E-state index contributed by atoms with van der Waals surface area (Å²) in [6.07, 6.45) is -0.646. The Morgan fingerprint density at radius 3 is 2.16 bits per heavy atom. The molecule has 0 aliphatic carbocycles. The van der Waals surface area contributed by atoms with Crippen molar-refractivity contribution in [1.29, 1.82) is 0 Å². The van der Waals surface area contributed by atoms with Gasteiger partial charge >= 0.3 is 5.97 Å². The number of amides is 2. The molecule has 1 aliphatic heterocycles. The molecule has 0 bridgehead atoms. The number of ether oxygens (including phenoxy) is 1. The number of hydrogen-bond acceptors (Lipinski definition) is 4. The molecule has 0 aromatic heterocycles. The summed E-state index contributed by atoms with van der Waals surface area (Å²) in [4.78, 5) is 37.5. The van der Waals surface area contributed by atoms with Gasteiger partial charge in [-0.2, -0.15) is 0 Å². The maximum atomic E-state index is 12.9. The highest BCUT2D eigenvalue weighted by atomic mass is 19.1. The van der Waals surface area contributed by atoms with Crippen LogP contribution < -0.4 is 0 Å². The predicted octanol–water partition coefficient (Wildman–Crippen LogP) is 3.12. The number of benzene rings is 2. The Kier molecular flexibility index (Phi) is 4.61. The first kappa shape index (κ1) is 16.8.